The van der Waals surface area contributed by atoms with Crippen LogP contribution in [0.5, 0.6) is 0 Å². The lowest BCUT2D eigenvalue weighted by Gasteiger charge is -2.30. The maximum atomic E-state index is 14.1. The van der Waals surface area contributed by atoms with Gasteiger partial charge in [-0.3, -0.25) is 14.4 Å². The van der Waals surface area contributed by atoms with Crippen molar-refractivity contribution in [3.63, 3.8) is 0 Å². The van der Waals surface area contributed by atoms with Gasteiger partial charge >= 0.3 is 12.2 Å². The predicted octanol–water partition coefficient (Wildman–Crippen LogP) is 10.3. The molecule has 11 rings (SSSR count). The highest BCUT2D eigenvalue weighted by Crippen LogP contribution is 2.64. The number of alkyl carbamates (subject to hydrolysis) is 2. The Kier molecular flexibility index (Phi) is 12.1. The van der Waals surface area contributed by atoms with Crippen molar-refractivity contribution in [3.05, 3.63) is 98.9 Å². The number of carbonyl (C=O) groups is 4. The van der Waals surface area contributed by atoms with Crippen LogP contribution in [-0.4, -0.2) is 88.1 Å². The molecular weight excluding hydrogens is 895 g/mol. The van der Waals surface area contributed by atoms with Crippen molar-refractivity contribution in [1.82, 2.24) is 35.4 Å². The summed E-state index contributed by atoms with van der Waals surface area (Å²) in [6, 6.07) is 15.7. The number of hydrogen-bond acceptors (Lipinski definition) is 8. The third-order valence-corrected chi connectivity index (χ3v) is 17.5. The summed E-state index contributed by atoms with van der Waals surface area (Å²) in [5, 5.41) is 6.94. The van der Waals surface area contributed by atoms with E-state index in [-0.39, 0.29) is 41.3 Å². The molecule has 6 aliphatic rings. The Morgan fingerprint density at radius 1 is 0.662 bits per heavy atom. The molecule has 5 unspecified atom stereocenters. The molecule has 14 nitrogen and oxygen atoms in total. The summed E-state index contributed by atoms with van der Waals surface area (Å²) in [6.07, 6.45) is 9.70. The summed E-state index contributed by atoms with van der Waals surface area (Å²) in [5.74, 6) is 2.63. The smallest absolute Gasteiger partial charge is 0.407 e. The van der Waals surface area contributed by atoms with Gasteiger partial charge in [0.05, 0.1) is 38.2 Å². The zero-order chi connectivity index (χ0) is 49.6. The molecule has 3 aromatic carbocycles. The average Bonchev–Trinajstić information content (AvgIpc) is 4.25. The average molecular weight is 962 g/mol. The minimum Gasteiger partial charge on any atom is -0.453 e. The Hall–Kier alpha value is -6.44. The van der Waals surface area contributed by atoms with Gasteiger partial charge in [-0.25, -0.2) is 14.6 Å². The van der Waals surface area contributed by atoms with E-state index in [2.05, 4.69) is 70.0 Å². The Morgan fingerprint density at radius 2 is 1.21 bits per heavy atom. The van der Waals surface area contributed by atoms with E-state index in [4.69, 9.17) is 14.5 Å². The van der Waals surface area contributed by atoms with Gasteiger partial charge in [0.1, 0.15) is 17.9 Å². The summed E-state index contributed by atoms with van der Waals surface area (Å²) in [5.41, 5.74) is 13.5. The molecule has 4 N–H and O–H groups in total. The number of aromatic nitrogens is 3. The van der Waals surface area contributed by atoms with Crippen molar-refractivity contribution < 1.29 is 28.7 Å². The molecule has 372 valence electrons. The van der Waals surface area contributed by atoms with Gasteiger partial charge in [0.25, 0.3) is 5.56 Å². The number of benzene rings is 3. The van der Waals surface area contributed by atoms with E-state index >= 15 is 0 Å². The van der Waals surface area contributed by atoms with Crippen molar-refractivity contribution >= 4 is 34.8 Å². The van der Waals surface area contributed by atoms with E-state index in [1.807, 2.05) is 44.9 Å². The molecule has 14 heteroatoms. The van der Waals surface area contributed by atoms with E-state index in [1.54, 1.807) is 4.90 Å². The van der Waals surface area contributed by atoms with Gasteiger partial charge in [-0.1, -0.05) is 71.0 Å². The quantitative estimate of drug-likeness (QED) is 0.101. The second kappa shape index (κ2) is 18.3. The Bertz CT molecular complexity index is 3030. The predicted molar refractivity (Wildman–Crippen MR) is 272 cm³/mol. The number of fused-ring (bicyclic) bond motifs is 11. The third kappa shape index (κ3) is 7.82. The van der Waals surface area contributed by atoms with Gasteiger partial charge < -0.3 is 39.9 Å². The van der Waals surface area contributed by atoms with E-state index < -0.39 is 24.3 Å². The van der Waals surface area contributed by atoms with Crippen LogP contribution < -0.4 is 16.2 Å². The number of ether oxygens (including phenoxy) is 2. The molecule has 4 fully saturated rings. The lowest BCUT2D eigenvalue weighted by molar-refractivity contribution is -0.136. The number of carbonyl (C=O) groups excluding carboxylic acids is 4. The SMILES string of the molecule is COC(=O)N[C@H](C(=O)N1CCC[C@H]1c1cc2ccc(-c3ccc(-c4ccc(-c5cnc([C@@H]6CCCN6C(=O)[C@@H](NC(=O)OC)C(C)C)[nH]5)c5c4C4CCC5C4C)c4c3C3CCC4C3)cc2c(=O)[nH]1)C(C)C. The maximum absolute atomic E-state index is 14.1. The molecule has 4 heterocycles. The first-order valence-corrected chi connectivity index (χ1v) is 26.1. The first kappa shape index (κ1) is 46.9. The highest BCUT2D eigenvalue weighted by Gasteiger charge is 2.48. The molecule has 2 aliphatic heterocycles. The fourth-order valence-corrected chi connectivity index (χ4v) is 14.1. The molecular formula is C57H67N7O7. The van der Waals surface area contributed by atoms with Crippen LogP contribution in [0.1, 0.15) is 162 Å². The van der Waals surface area contributed by atoms with Crippen molar-refractivity contribution in [3.8, 4) is 33.5 Å². The number of methoxy groups -OCH3 is 2. The maximum Gasteiger partial charge on any atom is 0.407 e. The van der Waals surface area contributed by atoms with Crippen molar-refractivity contribution in [2.75, 3.05) is 27.3 Å². The number of pyridine rings is 1. The number of nitrogens with one attached hydrogen (secondary N) is 4. The van der Waals surface area contributed by atoms with E-state index in [9.17, 15) is 24.0 Å². The molecule has 2 aromatic heterocycles. The first-order chi connectivity index (χ1) is 34.3. The fraction of sp³-hybridized carbons (Fsp3) is 0.509. The number of amides is 4. The fourth-order valence-electron chi connectivity index (χ4n) is 14.1. The Balaban J connectivity index is 0.915. The van der Waals surface area contributed by atoms with Crippen molar-refractivity contribution in [2.24, 2.45) is 17.8 Å². The lowest BCUT2D eigenvalue weighted by Crippen LogP contribution is -2.51. The molecule has 4 aliphatic carbocycles. The van der Waals surface area contributed by atoms with E-state index in [1.165, 1.54) is 84.4 Å². The molecule has 9 atom stereocenters. The lowest BCUT2D eigenvalue weighted by atomic mass is 9.77. The van der Waals surface area contributed by atoms with Gasteiger partial charge in [0, 0.05) is 29.7 Å². The summed E-state index contributed by atoms with van der Waals surface area (Å²) >= 11 is 0. The van der Waals surface area contributed by atoms with Crippen LogP contribution in [0.15, 0.2) is 59.5 Å². The summed E-state index contributed by atoms with van der Waals surface area (Å²) in [6.45, 7) is 11.2. The molecule has 0 spiro atoms. The van der Waals surface area contributed by atoms with Gasteiger partial charge in [0.15, 0.2) is 0 Å². The Labute approximate surface area is 415 Å². The highest BCUT2D eigenvalue weighted by atomic mass is 16.5. The zero-order valence-electron chi connectivity index (χ0n) is 42.0. The number of rotatable bonds is 11. The van der Waals surface area contributed by atoms with Crippen LogP contribution in [-0.2, 0) is 19.1 Å². The van der Waals surface area contributed by atoms with Crippen LogP contribution in [0.4, 0.5) is 9.59 Å². The van der Waals surface area contributed by atoms with Crippen LogP contribution in [0.3, 0.4) is 0 Å². The molecule has 2 saturated carbocycles. The number of likely N-dealkylation sites (tertiary alicyclic amines) is 2. The van der Waals surface area contributed by atoms with Crippen molar-refractivity contribution in [2.45, 2.75) is 140 Å². The number of hydrogen-bond donors (Lipinski definition) is 4. The van der Waals surface area contributed by atoms with E-state index in [0.29, 0.717) is 60.2 Å². The van der Waals surface area contributed by atoms with Crippen LogP contribution >= 0.6 is 0 Å². The zero-order valence-corrected chi connectivity index (χ0v) is 42.0. The topological polar surface area (TPSA) is 179 Å². The Morgan fingerprint density at radius 3 is 1.83 bits per heavy atom. The van der Waals surface area contributed by atoms with Gasteiger partial charge in [0.2, 0.25) is 11.8 Å². The minimum absolute atomic E-state index is 0.111. The largest absolute Gasteiger partial charge is 0.453 e. The van der Waals surface area contributed by atoms with Gasteiger partial charge in [-0.15, -0.1) is 0 Å². The third-order valence-electron chi connectivity index (χ3n) is 17.5. The van der Waals surface area contributed by atoms with E-state index in [0.717, 1.165) is 48.2 Å². The molecule has 71 heavy (non-hydrogen) atoms. The number of H-pyrrole nitrogens is 2. The number of imidazole rings is 1. The van der Waals surface area contributed by atoms with Gasteiger partial charge in [-0.2, -0.15) is 0 Å². The number of aromatic amines is 2. The summed E-state index contributed by atoms with van der Waals surface area (Å²) in [7, 11) is 2.60. The van der Waals surface area contributed by atoms with Crippen LogP contribution in [0.25, 0.3) is 44.3 Å². The summed E-state index contributed by atoms with van der Waals surface area (Å²) in [4.78, 5) is 81.8. The van der Waals surface area contributed by atoms with Crippen LogP contribution in [0, 0.1) is 17.8 Å². The second-order valence-electron chi connectivity index (χ2n) is 22.0. The normalized spacial score (nSPS) is 24.7. The standard InChI is InChI=1S/C57H67N7O7/c1-28(2)50(61-56(68)70-6)54(66)63-22-8-10-44(63)42-26-32-13-12-31(25-41(32)53(65)60-42)37-18-19-38(47-34-15-14-33(24-34)46(37)47)39-20-21-40(49-36-17-16-35(30(36)5)48(39)49)43-27-58-52(59-43)45-11-9-23-64(45)55(67)51(29(3)4)62-57(69)71-7/h12-13,18-21,25-30,33-36,44-45,50-51H,8-11,14-17,22-24H2,1-7H3,(H,58,59)(H,60,65)(H,61,68)(H,62,69)/t30?,33?,34?,35?,36?,44-,45-,50-,51-/m0/s1. The molecule has 4 amide bonds. The van der Waals surface area contributed by atoms with Gasteiger partial charge in [-0.05, 0) is 161 Å². The molecule has 2 saturated heterocycles. The van der Waals surface area contributed by atoms with Crippen molar-refractivity contribution in [1.29, 1.82) is 0 Å². The highest BCUT2D eigenvalue weighted by molar-refractivity contribution is 5.91. The minimum atomic E-state index is -0.741. The molecule has 0 radical (unpaired) electrons. The molecule has 4 bridgehead atoms. The second-order valence-corrected chi connectivity index (χ2v) is 22.0. The first-order valence-electron chi connectivity index (χ1n) is 26.1. The van der Waals surface area contributed by atoms with Crippen LogP contribution in [0.2, 0.25) is 0 Å². The number of nitrogens with zero attached hydrogens (tertiary/aromatic N) is 3. The summed E-state index contributed by atoms with van der Waals surface area (Å²) < 4.78 is 9.68. The monoisotopic (exact) mass is 962 g/mol. The molecule has 5 aromatic rings.